The van der Waals surface area contributed by atoms with E-state index in [1.807, 2.05) is 54.6 Å². The third-order valence-electron chi connectivity index (χ3n) is 9.53. The van der Waals surface area contributed by atoms with Gasteiger partial charge in [-0.25, -0.2) is 0 Å². The fraction of sp³-hybridized carbons (Fsp3) is 0.0667. The Morgan fingerprint density at radius 1 is 0.440 bits per heavy atom. The molecule has 0 N–H and O–H groups in total. The van der Waals surface area contributed by atoms with Gasteiger partial charge in [-0.05, 0) is 93.5 Å². The van der Waals surface area contributed by atoms with Crippen molar-refractivity contribution < 1.29 is 0 Å². The van der Waals surface area contributed by atoms with Crippen LogP contribution in [0.15, 0.2) is 152 Å². The molecule has 0 aromatic heterocycles. The Balaban J connectivity index is 1.43. The number of nitrogens with zero attached hydrogens (tertiary/aromatic N) is 4. The highest BCUT2D eigenvalue weighted by molar-refractivity contribution is 6.89. The van der Waals surface area contributed by atoms with E-state index >= 15 is 0 Å². The van der Waals surface area contributed by atoms with E-state index in [0.717, 1.165) is 44.9 Å². The van der Waals surface area contributed by atoms with Gasteiger partial charge in [0.2, 0.25) is 0 Å². The summed E-state index contributed by atoms with van der Waals surface area (Å²) in [6.45, 7) is 7.14. The molecule has 0 aliphatic heterocycles. The van der Waals surface area contributed by atoms with Crippen LogP contribution in [0, 0.1) is 22.7 Å². The minimum absolute atomic E-state index is 0.616. The van der Waals surface area contributed by atoms with Gasteiger partial charge in [0, 0.05) is 33.5 Å². The van der Waals surface area contributed by atoms with E-state index in [2.05, 4.69) is 139 Å². The normalized spacial score (nSPS) is 11.5. The molecule has 4 nitrogen and oxygen atoms in total. The Hall–Kier alpha value is -6.40. The Morgan fingerprint density at radius 3 is 1.48 bits per heavy atom. The summed E-state index contributed by atoms with van der Waals surface area (Å²) in [7, 11) is -1.78. The summed E-state index contributed by atoms with van der Waals surface area (Å²) in [6.07, 6.45) is 0. The quantitative estimate of drug-likeness (QED) is 0.126. The first-order valence-electron chi connectivity index (χ1n) is 16.8. The summed E-state index contributed by atoms with van der Waals surface area (Å²) < 4.78 is 0. The van der Waals surface area contributed by atoms with Crippen LogP contribution in [0.1, 0.15) is 11.1 Å². The summed E-state index contributed by atoms with van der Waals surface area (Å²) in [4.78, 5) is 4.60. The average molecular weight is 659 g/mol. The predicted octanol–water partition coefficient (Wildman–Crippen LogP) is 11.8. The van der Waals surface area contributed by atoms with Crippen LogP contribution in [-0.4, -0.2) is 8.07 Å². The van der Waals surface area contributed by atoms with E-state index in [-0.39, 0.29) is 0 Å². The maximum absolute atomic E-state index is 9.91. The standard InChI is InChI=1S/C45H34N4Si/c1-50(2,3)43-18-8-7-17-42(43)49(37-16-10-12-32(28-37)30-47)41-26-22-34-19-23-38-40(25-21-33-20-24-39(41)45(34)44(33)38)48(35-13-5-4-6-14-35)36-15-9-11-31(27-36)29-46/h4-28H,1-3H3. The van der Waals surface area contributed by atoms with Gasteiger partial charge >= 0.3 is 0 Å². The number of rotatable bonds is 7. The number of hydrogen-bond acceptors (Lipinski definition) is 4. The first-order valence-corrected chi connectivity index (χ1v) is 20.3. The van der Waals surface area contributed by atoms with E-state index in [9.17, 15) is 10.5 Å². The third-order valence-corrected chi connectivity index (χ3v) is 11.6. The van der Waals surface area contributed by atoms with Crippen molar-refractivity contribution in [2.24, 2.45) is 0 Å². The summed E-state index contributed by atoms with van der Waals surface area (Å²) in [5, 5.41) is 28.0. The molecule has 0 aliphatic carbocycles. The second-order valence-corrected chi connectivity index (χ2v) is 18.7. The smallest absolute Gasteiger partial charge is 0.0992 e. The van der Waals surface area contributed by atoms with Crippen LogP contribution in [0.2, 0.25) is 19.6 Å². The highest BCUT2D eigenvalue weighted by atomic mass is 28.3. The molecule has 8 aromatic rings. The first-order chi connectivity index (χ1) is 24.4. The van der Waals surface area contributed by atoms with Gasteiger partial charge in [0.05, 0.1) is 42.7 Å². The Labute approximate surface area is 293 Å². The lowest BCUT2D eigenvalue weighted by Gasteiger charge is -2.32. The zero-order valence-corrected chi connectivity index (χ0v) is 29.2. The van der Waals surface area contributed by atoms with Gasteiger partial charge in [-0.1, -0.05) is 105 Å². The van der Waals surface area contributed by atoms with Crippen molar-refractivity contribution in [2.75, 3.05) is 9.80 Å². The maximum atomic E-state index is 9.91. The van der Waals surface area contributed by atoms with Crippen LogP contribution in [0.3, 0.4) is 0 Å². The van der Waals surface area contributed by atoms with Crippen molar-refractivity contribution in [1.29, 1.82) is 10.5 Å². The highest BCUT2D eigenvalue weighted by Crippen LogP contribution is 2.47. The minimum atomic E-state index is -1.78. The third kappa shape index (κ3) is 5.22. The zero-order chi connectivity index (χ0) is 34.4. The molecule has 0 saturated carbocycles. The molecule has 0 fully saturated rings. The zero-order valence-electron chi connectivity index (χ0n) is 28.2. The number of anilines is 6. The Morgan fingerprint density at radius 2 is 0.920 bits per heavy atom. The van der Waals surface area contributed by atoms with Crippen LogP contribution in [0.4, 0.5) is 34.1 Å². The fourth-order valence-electron chi connectivity index (χ4n) is 7.30. The number of benzene rings is 8. The van der Waals surface area contributed by atoms with Crippen LogP contribution in [0.25, 0.3) is 32.3 Å². The van der Waals surface area contributed by atoms with Gasteiger partial charge in [0.15, 0.2) is 0 Å². The maximum Gasteiger partial charge on any atom is 0.0992 e. The Kier molecular flexibility index (Phi) is 7.56. The number of para-hydroxylation sites is 2. The summed E-state index contributed by atoms with van der Waals surface area (Å²) in [5.74, 6) is 0. The number of nitriles is 2. The van der Waals surface area contributed by atoms with Crippen LogP contribution < -0.4 is 15.0 Å². The number of hydrogen-bond donors (Lipinski definition) is 0. The van der Waals surface area contributed by atoms with Gasteiger partial charge in [-0.15, -0.1) is 0 Å². The minimum Gasteiger partial charge on any atom is -0.310 e. The lowest BCUT2D eigenvalue weighted by molar-refractivity contribution is 1.29. The predicted molar refractivity (Wildman–Crippen MR) is 212 cm³/mol. The molecule has 0 bridgehead atoms. The first kappa shape index (κ1) is 30.9. The molecule has 50 heavy (non-hydrogen) atoms. The van der Waals surface area contributed by atoms with Crippen LogP contribution in [-0.2, 0) is 0 Å². The van der Waals surface area contributed by atoms with Gasteiger partial charge in [0.25, 0.3) is 0 Å². The molecular formula is C45H34N4Si. The second kappa shape index (κ2) is 12.2. The van der Waals surface area contributed by atoms with E-state index in [4.69, 9.17) is 0 Å². The molecule has 0 atom stereocenters. The fourth-order valence-corrected chi connectivity index (χ4v) is 8.86. The molecule has 0 saturated heterocycles. The molecule has 0 aliphatic rings. The van der Waals surface area contributed by atoms with Gasteiger partial charge < -0.3 is 9.80 Å². The SMILES string of the molecule is C[Si](C)(C)c1ccccc1N(c1cccc(C#N)c1)c1ccc2ccc3c(N(c4ccccc4)c4cccc(C#N)c4)ccc4ccc1c2c43. The Bertz CT molecular complexity index is 2630. The lowest BCUT2D eigenvalue weighted by atomic mass is 9.91. The van der Waals surface area contributed by atoms with Crippen molar-refractivity contribution in [3.8, 4) is 12.1 Å². The second-order valence-electron chi connectivity index (χ2n) is 13.7. The van der Waals surface area contributed by atoms with Crippen molar-refractivity contribution in [1.82, 2.24) is 0 Å². The summed E-state index contributed by atoms with van der Waals surface area (Å²) in [5.41, 5.74) is 7.40. The lowest BCUT2D eigenvalue weighted by Crippen LogP contribution is -2.40. The molecule has 0 unspecified atom stereocenters. The summed E-state index contributed by atoms with van der Waals surface area (Å²) >= 11 is 0. The van der Waals surface area contributed by atoms with E-state index < -0.39 is 8.07 Å². The van der Waals surface area contributed by atoms with Gasteiger partial charge in [0.1, 0.15) is 0 Å². The van der Waals surface area contributed by atoms with E-state index in [1.165, 1.54) is 26.7 Å². The monoisotopic (exact) mass is 658 g/mol. The highest BCUT2D eigenvalue weighted by Gasteiger charge is 2.27. The molecule has 0 heterocycles. The topological polar surface area (TPSA) is 54.1 Å². The van der Waals surface area contributed by atoms with Gasteiger partial charge in [-0.3, -0.25) is 0 Å². The summed E-state index contributed by atoms with van der Waals surface area (Å²) in [6, 6.07) is 57.3. The molecule has 5 heteroatoms. The van der Waals surface area contributed by atoms with E-state index in [0.29, 0.717) is 11.1 Å². The molecule has 238 valence electrons. The molecule has 0 amide bonds. The van der Waals surface area contributed by atoms with Crippen molar-refractivity contribution in [3.63, 3.8) is 0 Å². The van der Waals surface area contributed by atoms with Gasteiger partial charge in [-0.2, -0.15) is 10.5 Å². The van der Waals surface area contributed by atoms with Crippen molar-refractivity contribution in [2.45, 2.75) is 19.6 Å². The van der Waals surface area contributed by atoms with E-state index in [1.54, 1.807) is 0 Å². The largest absolute Gasteiger partial charge is 0.310 e. The molecule has 0 spiro atoms. The molecule has 8 aromatic carbocycles. The molecule has 0 radical (unpaired) electrons. The molecule has 8 rings (SSSR count). The average Bonchev–Trinajstić information content (AvgIpc) is 3.15. The van der Waals surface area contributed by atoms with Crippen LogP contribution >= 0.6 is 0 Å². The van der Waals surface area contributed by atoms with Crippen LogP contribution in [0.5, 0.6) is 0 Å². The van der Waals surface area contributed by atoms with Crippen molar-refractivity contribution >= 4 is 79.7 Å². The molecular weight excluding hydrogens is 625 g/mol. The van der Waals surface area contributed by atoms with Crippen molar-refractivity contribution in [3.05, 3.63) is 163 Å².